The molecule has 2 N–H and O–H groups in total. The van der Waals surface area contributed by atoms with Gasteiger partial charge in [-0.25, -0.2) is 0 Å². The Hall–Kier alpha value is -2.08. The highest BCUT2D eigenvalue weighted by Crippen LogP contribution is 2.21. The van der Waals surface area contributed by atoms with Crippen LogP contribution in [0, 0.1) is 6.92 Å². The van der Waals surface area contributed by atoms with Crippen molar-refractivity contribution in [3.63, 3.8) is 0 Å². The van der Waals surface area contributed by atoms with E-state index in [1.165, 1.54) is 0 Å². The summed E-state index contributed by atoms with van der Waals surface area (Å²) in [7, 11) is 1.72. The maximum atomic E-state index is 12.0. The number of benzene rings is 1. The quantitative estimate of drug-likeness (QED) is 0.891. The van der Waals surface area contributed by atoms with Gasteiger partial charge < -0.3 is 9.84 Å². The number of halogens is 1. The summed E-state index contributed by atoms with van der Waals surface area (Å²) in [6.07, 6.45) is 0. The molecule has 0 atom stereocenters. The van der Waals surface area contributed by atoms with E-state index in [-0.39, 0.29) is 11.9 Å². The molecule has 6 nitrogen and oxygen atoms in total. The van der Waals surface area contributed by atoms with Gasteiger partial charge in [0, 0.05) is 17.8 Å². The Labute approximate surface area is 108 Å². The first-order valence-corrected chi connectivity index (χ1v) is 5.57. The fraction of sp³-hybridized carbons (Fsp3) is 0.182. The van der Waals surface area contributed by atoms with Crippen LogP contribution >= 0.6 is 11.6 Å². The third-order valence-electron chi connectivity index (χ3n) is 2.24. The molecule has 0 radical (unpaired) electrons. The van der Waals surface area contributed by atoms with Crippen molar-refractivity contribution in [2.24, 2.45) is 0 Å². The molecule has 0 fully saturated rings. The number of aryl methyl sites for hydroxylation is 1. The normalized spacial score (nSPS) is 10.2. The van der Waals surface area contributed by atoms with E-state index in [1.807, 2.05) is 0 Å². The lowest BCUT2D eigenvalue weighted by molar-refractivity contribution is 0.102. The summed E-state index contributed by atoms with van der Waals surface area (Å²) >= 11 is 5.87. The van der Waals surface area contributed by atoms with Crippen molar-refractivity contribution in [2.45, 2.75) is 6.92 Å². The molecule has 1 aromatic carbocycles. The fourth-order valence-corrected chi connectivity index (χ4v) is 1.61. The molecule has 1 amide bonds. The Kier molecular flexibility index (Phi) is 3.47. The van der Waals surface area contributed by atoms with E-state index in [0.29, 0.717) is 22.1 Å². The zero-order chi connectivity index (χ0) is 13.1. The molecular formula is C11H11ClN4O2. The first kappa shape index (κ1) is 12.4. The van der Waals surface area contributed by atoms with Gasteiger partial charge in [0.25, 0.3) is 5.91 Å². The molecule has 1 aromatic heterocycles. The largest absolute Gasteiger partial charge is 0.387 e. The van der Waals surface area contributed by atoms with Gasteiger partial charge in [-0.3, -0.25) is 10.1 Å². The Balaban J connectivity index is 2.25. The topological polar surface area (TPSA) is 80.0 Å². The molecule has 0 aliphatic heterocycles. The number of hydrogen-bond acceptors (Lipinski definition) is 5. The van der Waals surface area contributed by atoms with Crippen molar-refractivity contribution in [3.05, 3.63) is 34.6 Å². The number of amides is 1. The summed E-state index contributed by atoms with van der Waals surface area (Å²) in [4.78, 5) is 15.9. The van der Waals surface area contributed by atoms with Gasteiger partial charge in [-0.15, -0.1) is 0 Å². The number of rotatable bonds is 3. The van der Waals surface area contributed by atoms with Crippen molar-refractivity contribution in [2.75, 3.05) is 17.7 Å². The third-order valence-corrected chi connectivity index (χ3v) is 2.48. The lowest BCUT2D eigenvalue weighted by Crippen LogP contribution is -2.14. The lowest BCUT2D eigenvalue weighted by atomic mass is 10.1. The van der Waals surface area contributed by atoms with Crippen molar-refractivity contribution >= 4 is 29.2 Å². The minimum absolute atomic E-state index is 0.0551. The maximum absolute atomic E-state index is 12.0. The van der Waals surface area contributed by atoms with E-state index in [0.717, 1.165) is 0 Å². The predicted octanol–water partition coefficient (Wildman–Crippen LogP) is 2.33. The average Bonchev–Trinajstić information content (AvgIpc) is 2.74. The molecule has 0 aliphatic carbocycles. The molecular weight excluding hydrogens is 256 g/mol. The molecule has 2 rings (SSSR count). The number of carbonyl (C=O) groups is 1. The second-order valence-electron chi connectivity index (χ2n) is 3.54. The summed E-state index contributed by atoms with van der Waals surface area (Å²) in [6, 6.07) is 5.03. The van der Waals surface area contributed by atoms with Crippen molar-refractivity contribution in [1.82, 2.24) is 10.1 Å². The highest BCUT2D eigenvalue weighted by molar-refractivity contribution is 6.31. The van der Waals surface area contributed by atoms with E-state index in [2.05, 4.69) is 20.8 Å². The smallest absolute Gasteiger partial charge is 0.328 e. The second-order valence-corrected chi connectivity index (χ2v) is 3.98. The van der Waals surface area contributed by atoms with Gasteiger partial charge in [-0.05, 0) is 25.1 Å². The number of aromatic nitrogens is 2. The monoisotopic (exact) mass is 266 g/mol. The van der Waals surface area contributed by atoms with Crippen LogP contribution < -0.4 is 10.6 Å². The van der Waals surface area contributed by atoms with Crippen LogP contribution in [0.3, 0.4) is 0 Å². The van der Waals surface area contributed by atoms with E-state index < -0.39 is 0 Å². The van der Waals surface area contributed by atoms with Crippen molar-refractivity contribution in [3.8, 4) is 0 Å². The van der Waals surface area contributed by atoms with Crippen LogP contribution in [0.25, 0.3) is 0 Å². The zero-order valence-corrected chi connectivity index (χ0v) is 10.6. The van der Waals surface area contributed by atoms with Crippen molar-refractivity contribution < 1.29 is 9.32 Å². The van der Waals surface area contributed by atoms with Crippen LogP contribution in [0.1, 0.15) is 16.2 Å². The zero-order valence-electron chi connectivity index (χ0n) is 9.82. The summed E-state index contributed by atoms with van der Waals surface area (Å²) in [5.41, 5.74) is 1.06. The van der Waals surface area contributed by atoms with Gasteiger partial charge in [-0.1, -0.05) is 16.8 Å². The molecule has 0 spiro atoms. The first-order chi connectivity index (χ1) is 8.60. The molecule has 0 unspecified atom stereocenters. The van der Waals surface area contributed by atoms with Gasteiger partial charge in [0.1, 0.15) is 0 Å². The van der Waals surface area contributed by atoms with E-state index in [4.69, 9.17) is 16.1 Å². The van der Waals surface area contributed by atoms with Gasteiger partial charge in [-0.2, -0.15) is 4.98 Å². The van der Waals surface area contributed by atoms with Crippen LogP contribution in [-0.2, 0) is 0 Å². The highest BCUT2D eigenvalue weighted by Gasteiger charge is 2.14. The van der Waals surface area contributed by atoms with Gasteiger partial charge in [0.2, 0.25) is 0 Å². The Morgan fingerprint density at radius 2 is 2.22 bits per heavy atom. The number of nitrogens with one attached hydrogen (secondary N) is 2. The standard InChI is InChI=1S/C11H11ClN4O2/c1-6-14-11(18-16-6)15-10(17)8-5-7(12)3-4-9(8)13-2/h3-5,13H,1-2H3,(H,14,15,16,17). The first-order valence-electron chi connectivity index (χ1n) is 5.19. The maximum Gasteiger partial charge on any atom is 0.328 e. The third kappa shape index (κ3) is 2.60. The minimum atomic E-state index is -0.370. The predicted molar refractivity (Wildman–Crippen MR) is 68.0 cm³/mol. The Morgan fingerprint density at radius 3 is 2.83 bits per heavy atom. The molecule has 18 heavy (non-hydrogen) atoms. The summed E-state index contributed by atoms with van der Waals surface area (Å²) in [6.45, 7) is 1.66. The molecule has 94 valence electrons. The molecule has 1 heterocycles. The van der Waals surface area contributed by atoms with Gasteiger partial charge in [0.15, 0.2) is 5.82 Å². The van der Waals surface area contributed by atoms with E-state index in [1.54, 1.807) is 32.2 Å². The number of carbonyl (C=O) groups excluding carboxylic acids is 1. The Bertz CT molecular complexity index is 582. The van der Waals surface area contributed by atoms with E-state index in [9.17, 15) is 4.79 Å². The molecule has 2 aromatic rings. The average molecular weight is 267 g/mol. The van der Waals surface area contributed by atoms with Crippen LogP contribution in [0.5, 0.6) is 0 Å². The van der Waals surface area contributed by atoms with Gasteiger partial charge >= 0.3 is 6.01 Å². The van der Waals surface area contributed by atoms with Crippen LogP contribution in [0.2, 0.25) is 5.02 Å². The SMILES string of the molecule is CNc1ccc(Cl)cc1C(=O)Nc1nc(C)no1. The van der Waals surface area contributed by atoms with Gasteiger partial charge in [0.05, 0.1) is 5.56 Å². The molecule has 7 heteroatoms. The highest BCUT2D eigenvalue weighted by atomic mass is 35.5. The summed E-state index contributed by atoms with van der Waals surface area (Å²) < 4.78 is 4.81. The van der Waals surface area contributed by atoms with E-state index >= 15 is 0 Å². The Morgan fingerprint density at radius 1 is 1.44 bits per heavy atom. The molecule has 0 aliphatic rings. The molecule has 0 bridgehead atoms. The number of hydrogen-bond donors (Lipinski definition) is 2. The summed E-state index contributed by atoms with van der Waals surface area (Å²) in [5, 5.41) is 9.47. The lowest BCUT2D eigenvalue weighted by Gasteiger charge is -2.08. The van der Waals surface area contributed by atoms with Crippen LogP contribution in [-0.4, -0.2) is 23.1 Å². The summed E-state index contributed by atoms with van der Waals surface area (Å²) in [5.74, 6) is 0.0794. The molecule has 0 saturated heterocycles. The minimum Gasteiger partial charge on any atom is -0.387 e. The van der Waals surface area contributed by atoms with Crippen LogP contribution in [0.4, 0.5) is 11.7 Å². The number of anilines is 2. The number of nitrogens with zero attached hydrogens (tertiary/aromatic N) is 2. The fourth-order valence-electron chi connectivity index (χ4n) is 1.43. The second kappa shape index (κ2) is 5.05. The van der Waals surface area contributed by atoms with Crippen LogP contribution in [0.15, 0.2) is 22.7 Å². The van der Waals surface area contributed by atoms with Crippen molar-refractivity contribution in [1.29, 1.82) is 0 Å². The molecule has 0 saturated carbocycles.